The van der Waals surface area contributed by atoms with Crippen molar-refractivity contribution in [3.05, 3.63) is 65.7 Å². The third-order valence-electron chi connectivity index (χ3n) is 5.64. The molecule has 1 aliphatic rings. The van der Waals surface area contributed by atoms with Gasteiger partial charge in [0.25, 0.3) is 0 Å². The van der Waals surface area contributed by atoms with Crippen LogP contribution in [0.15, 0.2) is 54.6 Å². The highest BCUT2D eigenvalue weighted by Crippen LogP contribution is 2.32. The van der Waals surface area contributed by atoms with Gasteiger partial charge in [-0.3, -0.25) is 4.90 Å². The fraction of sp³-hybridized carbons (Fsp3) is 0.435. The van der Waals surface area contributed by atoms with Crippen LogP contribution >= 0.6 is 0 Å². The summed E-state index contributed by atoms with van der Waals surface area (Å²) in [5.74, 6) is -1.26. The maximum atomic E-state index is 12.8. The van der Waals surface area contributed by atoms with E-state index in [0.717, 1.165) is 17.7 Å². The Bertz CT molecular complexity index is 942. The molecule has 4 unspecified atom stereocenters. The van der Waals surface area contributed by atoms with E-state index in [2.05, 4.69) is 0 Å². The molecule has 0 amide bonds. The van der Waals surface area contributed by atoms with Gasteiger partial charge in [0.15, 0.2) is 6.10 Å². The van der Waals surface area contributed by atoms with Gasteiger partial charge in [-0.25, -0.2) is 4.79 Å². The minimum atomic E-state index is -4.47. The molecule has 2 aromatic carbocycles. The van der Waals surface area contributed by atoms with Crippen LogP contribution in [0.1, 0.15) is 23.7 Å². The molecule has 4 N–H and O–H groups in total. The Hall–Kier alpha value is -2.70. The zero-order valence-corrected chi connectivity index (χ0v) is 18.2. The highest BCUT2D eigenvalue weighted by Gasteiger charge is 2.48. The van der Waals surface area contributed by atoms with E-state index in [-0.39, 0.29) is 18.7 Å². The first-order chi connectivity index (χ1) is 16.0. The lowest BCUT2D eigenvalue weighted by Crippen LogP contribution is -2.63. The molecule has 1 saturated heterocycles. The summed E-state index contributed by atoms with van der Waals surface area (Å²) in [5, 5.41) is 39.4. The van der Waals surface area contributed by atoms with Crippen LogP contribution in [-0.2, 0) is 15.7 Å². The summed E-state index contributed by atoms with van der Waals surface area (Å²) < 4.78 is 49.8. The summed E-state index contributed by atoms with van der Waals surface area (Å²) in [6, 6.07) is 13.3. The lowest BCUT2D eigenvalue weighted by Gasteiger charge is -2.42. The van der Waals surface area contributed by atoms with Gasteiger partial charge in [0.05, 0.1) is 5.56 Å². The van der Waals surface area contributed by atoms with Crippen molar-refractivity contribution < 1.29 is 47.9 Å². The van der Waals surface area contributed by atoms with E-state index in [1.807, 2.05) is 0 Å². The molecule has 8 nitrogen and oxygen atoms in total. The number of alkyl halides is 3. The number of nitrogens with zero attached hydrogens (tertiary/aromatic N) is 1. The number of benzene rings is 2. The Morgan fingerprint density at radius 2 is 1.65 bits per heavy atom. The van der Waals surface area contributed by atoms with E-state index in [1.54, 1.807) is 30.3 Å². The second-order valence-electron chi connectivity index (χ2n) is 8.07. The minimum Gasteiger partial charge on any atom is -0.486 e. The third kappa shape index (κ3) is 6.05. The molecule has 0 aromatic heterocycles. The third-order valence-corrected chi connectivity index (χ3v) is 5.64. The van der Waals surface area contributed by atoms with Crippen molar-refractivity contribution >= 4 is 5.97 Å². The lowest BCUT2D eigenvalue weighted by molar-refractivity contribution is -0.256. The molecule has 0 aliphatic carbocycles. The van der Waals surface area contributed by atoms with Crippen LogP contribution in [-0.4, -0.2) is 75.5 Å². The molecule has 1 aliphatic heterocycles. The summed E-state index contributed by atoms with van der Waals surface area (Å²) in [6.45, 7) is 0.192. The van der Waals surface area contributed by atoms with E-state index in [0.29, 0.717) is 0 Å². The molecular weight excluding hydrogens is 459 g/mol. The number of carboxylic acids is 1. The van der Waals surface area contributed by atoms with Gasteiger partial charge in [0.2, 0.25) is 0 Å². The Morgan fingerprint density at radius 1 is 1.03 bits per heavy atom. The second-order valence-corrected chi connectivity index (χ2v) is 8.07. The van der Waals surface area contributed by atoms with Crippen LogP contribution in [0.25, 0.3) is 0 Å². The number of aliphatic hydroxyl groups excluding tert-OH is 3. The van der Waals surface area contributed by atoms with E-state index < -0.39 is 54.5 Å². The summed E-state index contributed by atoms with van der Waals surface area (Å²) >= 11 is 0. The van der Waals surface area contributed by atoms with E-state index >= 15 is 0 Å². The van der Waals surface area contributed by atoms with E-state index in [9.17, 15) is 38.4 Å². The number of hydrogen-bond donors (Lipinski definition) is 4. The van der Waals surface area contributed by atoms with Gasteiger partial charge in [0, 0.05) is 13.0 Å². The van der Waals surface area contributed by atoms with Crippen LogP contribution < -0.4 is 4.74 Å². The standard InChI is InChI=1S/C23H26F3NO7/c1-27(21-19(30)17(28)18(29)20(34-21)22(31)32)12-11-16(13-5-3-2-4-6-13)33-15-9-7-14(8-10-15)23(24,25)26/h2-10,16-21,28-30H,11-12H2,1H3,(H,31,32)/t16?,17?,18-,19?,20?,21-/m1/s1. The second kappa shape index (κ2) is 10.7. The smallest absolute Gasteiger partial charge is 0.416 e. The Balaban J connectivity index is 1.72. The predicted molar refractivity (Wildman–Crippen MR) is 113 cm³/mol. The van der Waals surface area contributed by atoms with Crippen molar-refractivity contribution in [3.63, 3.8) is 0 Å². The number of hydrogen-bond acceptors (Lipinski definition) is 7. The number of carbonyl (C=O) groups is 1. The molecule has 186 valence electrons. The number of likely N-dealkylation sites (N-methyl/N-ethyl adjacent to an activating group) is 1. The number of ether oxygens (including phenoxy) is 2. The Kier molecular flexibility index (Phi) is 8.16. The van der Waals surface area contributed by atoms with Gasteiger partial charge >= 0.3 is 12.1 Å². The number of halogens is 3. The van der Waals surface area contributed by atoms with Gasteiger partial charge in [0.1, 0.15) is 36.4 Å². The highest BCUT2D eigenvalue weighted by atomic mass is 19.4. The molecule has 0 saturated carbocycles. The number of aliphatic hydroxyl groups is 3. The first kappa shape index (κ1) is 25.9. The molecule has 1 heterocycles. The first-order valence-corrected chi connectivity index (χ1v) is 10.5. The monoisotopic (exact) mass is 485 g/mol. The van der Waals surface area contributed by atoms with Crippen molar-refractivity contribution in [1.82, 2.24) is 4.90 Å². The van der Waals surface area contributed by atoms with E-state index in [1.165, 1.54) is 24.1 Å². The molecule has 0 radical (unpaired) electrons. The molecule has 2 aromatic rings. The molecule has 0 spiro atoms. The molecule has 34 heavy (non-hydrogen) atoms. The normalized spacial score (nSPS) is 26.3. The average Bonchev–Trinajstić information content (AvgIpc) is 2.80. The molecule has 3 rings (SSSR count). The predicted octanol–water partition coefficient (Wildman–Crippen LogP) is 2.04. The summed E-state index contributed by atoms with van der Waals surface area (Å²) in [5.41, 5.74) is -0.0483. The van der Waals surface area contributed by atoms with Gasteiger partial charge in [-0.15, -0.1) is 0 Å². The zero-order valence-electron chi connectivity index (χ0n) is 18.2. The summed E-state index contributed by atoms with van der Waals surface area (Å²) in [6.07, 6.45) is -12.8. The zero-order chi connectivity index (χ0) is 25.0. The Labute approximate surface area is 193 Å². The highest BCUT2D eigenvalue weighted by molar-refractivity contribution is 5.73. The maximum Gasteiger partial charge on any atom is 0.416 e. The largest absolute Gasteiger partial charge is 0.486 e. The summed E-state index contributed by atoms with van der Waals surface area (Å²) in [4.78, 5) is 12.8. The van der Waals surface area contributed by atoms with Gasteiger partial charge < -0.3 is 29.9 Å². The van der Waals surface area contributed by atoms with Gasteiger partial charge in [-0.1, -0.05) is 30.3 Å². The van der Waals surface area contributed by atoms with Crippen LogP contribution in [0.3, 0.4) is 0 Å². The first-order valence-electron chi connectivity index (χ1n) is 10.5. The quantitative estimate of drug-likeness (QED) is 0.449. The van der Waals surface area contributed by atoms with Crippen LogP contribution in [0, 0.1) is 0 Å². The Morgan fingerprint density at radius 3 is 2.21 bits per heavy atom. The van der Waals surface area contributed by atoms with Crippen molar-refractivity contribution in [2.24, 2.45) is 0 Å². The fourth-order valence-electron chi connectivity index (χ4n) is 3.73. The molecule has 6 atom stereocenters. The van der Waals surface area contributed by atoms with Crippen molar-refractivity contribution in [2.45, 2.75) is 49.3 Å². The van der Waals surface area contributed by atoms with Crippen molar-refractivity contribution in [2.75, 3.05) is 13.6 Å². The summed E-state index contributed by atoms with van der Waals surface area (Å²) in [7, 11) is 1.54. The molecule has 11 heteroatoms. The minimum absolute atomic E-state index is 0.192. The van der Waals surface area contributed by atoms with Crippen molar-refractivity contribution in [1.29, 1.82) is 0 Å². The number of carboxylic acid groups (broad SMARTS) is 1. The SMILES string of the molecule is CN(CCC(Oc1ccc(C(F)(F)F)cc1)c1ccccc1)[C@@H]1OC(C(=O)O)[C@H](O)C(O)C1O. The van der Waals surface area contributed by atoms with Crippen LogP contribution in [0.5, 0.6) is 5.75 Å². The number of rotatable bonds is 8. The van der Waals surface area contributed by atoms with Crippen LogP contribution in [0.2, 0.25) is 0 Å². The number of aliphatic carboxylic acids is 1. The average molecular weight is 485 g/mol. The van der Waals surface area contributed by atoms with Gasteiger partial charge in [-0.05, 0) is 36.9 Å². The lowest BCUT2D eigenvalue weighted by atomic mass is 9.97. The van der Waals surface area contributed by atoms with E-state index in [4.69, 9.17) is 9.47 Å². The molecule has 1 fully saturated rings. The van der Waals surface area contributed by atoms with Crippen molar-refractivity contribution in [3.8, 4) is 5.75 Å². The maximum absolute atomic E-state index is 12.8. The molecule has 0 bridgehead atoms. The van der Waals surface area contributed by atoms with Crippen LogP contribution in [0.4, 0.5) is 13.2 Å². The molecular formula is C23H26F3NO7. The van der Waals surface area contributed by atoms with Gasteiger partial charge in [-0.2, -0.15) is 13.2 Å². The topological polar surface area (TPSA) is 120 Å². The fourth-order valence-corrected chi connectivity index (χ4v) is 3.73.